The van der Waals surface area contributed by atoms with Gasteiger partial charge in [0.2, 0.25) is 5.43 Å². The average Bonchev–Trinajstić information content (AvgIpc) is 2.81. The van der Waals surface area contributed by atoms with Crippen molar-refractivity contribution in [3.8, 4) is 16.9 Å². The van der Waals surface area contributed by atoms with E-state index in [4.69, 9.17) is 10.5 Å². The number of nitrogens with zero attached hydrogens (tertiary/aromatic N) is 1. The lowest BCUT2D eigenvalue weighted by Crippen LogP contribution is -2.22. The zero-order valence-electron chi connectivity index (χ0n) is 17.5. The molecular formula is C25H23N3O4. The smallest absolute Gasteiger partial charge is 0.341 e. The van der Waals surface area contributed by atoms with Gasteiger partial charge in [-0.3, -0.25) is 14.9 Å². The Bertz CT molecular complexity index is 1360. The summed E-state index contributed by atoms with van der Waals surface area (Å²) in [4.78, 5) is 24.3. The second-order valence-corrected chi connectivity index (χ2v) is 7.19. The molecule has 0 bridgehead atoms. The van der Waals surface area contributed by atoms with Gasteiger partial charge in [0.1, 0.15) is 11.3 Å². The summed E-state index contributed by atoms with van der Waals surface area (Å²) in [6, 6.07) is 20.4. The van der Waals surface area contributed by atoms with E-state index < -0.39 is 11.4 Å². The van der Waals surface area contributed by atoms with Gasteiger partial charge in [-0.25, -0.2) is 4.79 Å². The molecule has 7 nitrogen and oxygen atoms in total. The van der Waals surface area contributed by atoms with Gasteiger partial charge in [0.05, 0.1) is 17.8 Å². The summed E-state index contributed by atoms with van der Waals surface area (Å²) in [6.07, 6.45) is 1.31. The van der Waals surface area contributed by atoms with Crippen molar-refractivity contribution in [2.45, 2.75) is 13.5 Å². The van der Waals surface area contributed by atoms with Crippen molar-refractivity contribution in [1.82, 2.24) is 4.68 Å². The molecule has 4 aromatic rings. The molecular weight excluding hydrogens is 406 g/mol. The van der Waals surface area contributed by atoms with E-state index in [1.54, 1.807) is 28.9 Å². The highest BCUT2D eigenvalue weighted by molar-refractivity contribution is 5.93. The van der Waals surface area contributed by atoms with Crippen LogP contribution in [0, 0.1) is 0 Å². The number of benzene rings is 3. The number of rotatable bonds is 7. The van der Waals surface area contributed by atoms with E-state index >= 15 is 0 Å². The van der Waals surface area contributed by atoms with E-state index in [0.717, 1.165) is 22.4 Å². The first-order valence-corrected chi connectivity index (χ1v) is 10.2. The summed E-state index contributed by atoms with van der Waals surface area (Å²) < 4.78 is 7.37. The molecule has 7 heteroatoms. The van der Waals surface area contributed by atoms with Crippen LogP contribution in [-0.4, -0.2) is 22.4 Å². The normalized spacial score (nSPS) is 10.8. The Morgan fingerprint density at radius 3 is 2.56 bits per heavy atom. The highest BCUT2D eigenvalue weighted by Crippen LogP contribution is 2.36. The van der Waals surface area contributed by atoms with Crippen LogP contribution in [0.25, 0.3) is 22.0 Å². The number of carbonyl (C=O) groups is 1. The predicted molar refractivity (Wildman–Crippen MR) is 125 cm³/mol. The van der Waals surface area contributed by atoms with Gasteiger partial charge in [-0.05, 0) is 36.8 Å². The lowest BCUT2D eigenvalue weighted by molar-refractivity contribution is 0.0695. The van der Waals surface area contributed by atoms with Crippen molar-refractivity contribution in [2.75, 3.05) is 12.0 Å². The number of nitrogens with two attached hydrogens (primary N) is 1. The van der Waals surface area contributed by atoms with E-state index in [9.17, 15) is 14.7 Å². The molecule has 0 aliphatic carbocycles. The molecule has 0 saturated heterocycles. The Kier molecular flexibility index (Phi) is 5.91. The topological polar surface area (TPSA) is 107 Å². The fraction of sp³-hybridized carbons (Fsp3) is 0.120. The maximum atomic E-state index is 12.6. The number of aromatic nitrogens is 1. The number of nitrogens with one attached hydrogen (secondary N) is 1. The van der Waals surface area contributed by atoms with Crippen molar-refractivity contribution < 1.29 is 14.6 Å². The van der Waals surface area contributed by atoms with Gasteiger partial charge in [-0.15, -0.1) is 0 Å². The van der Waals surface area contributed by atoms with Gasteiger partial charge in [-0.1, -0.05) is 42.5 Å². The number of hydrogen-bond acceptors (Lipinski definition) is 5. The first-order chi connectivity index (χ1) is 15.5. The average molecular weight is 429 g/mol. The van der Waals surface area contributed by atoms with Gasteiger partial charge in [-0.2, -0.15) is 0 Å². The molecule has 32 heavy (non-hydrogen) atoms. The number of carboxylic acids is 1. The summed E-state index contributed by atoms with van der Waals surface area (Å²) in [7, 11) is 0. The molecule has 0 saturated carbocycles. The largest absolute Gasteiger partial charge is 0.493 e. The summed E-state index contributed by atoms with van der Waals surface area (Å²) in [6.45, 7) is 2.79. The molecule has 0 amide bonds. The molecule has 4 rings (SSSR count). The second-order valence-electron chi connectivity index (χ2n) is 7.19. The quantitative estimate of drug-likeness (QED) is 0.408. The number of aromatic carboxylic acids is 1. The third-order valence-electron chi connectivity index (χ3n) is 5.18. The highest BCUT2D eigenvalue weighted by atomic mass is 16.5. The Morgan fingerprint density at radius 1 is 1.06 bits per heavy atom. The van der Waals surface area contributed by atoms with E-state index in [0.29, 0.717) is 29.7 Å². The third-order valence-corrected chi connectivity index (χ3v) is 5.18. The van der Waals surface area contributed by atoms with Crippen molar-refractivity contribution in [3.05, 3.63) is 94.3 Å². The molecule has 0 aliphatic rings. The van der Waals surface area contributed by atoms with Crippen molar-refractivity contribution in [2.24, 2.45) is 5.73 Å². The molecule has 0 unspecified atom stereocenters. The van der Waals surface area contributed by atoms with Gasteiger partial charge >= 0.3 is 5.97 Å². The minimum Gasteiger partial charge on any atom is -0.493 e. The van der Waals surface area contributed by atoms with Gasteiger partial charge < -0.3 is 15.6 Å². The molecule has 0 fully saturated rings. The number of fused-ring (bicyclic) bond motifs is 1. The second kappa shape index (κ2) is 8.95. The Morgan fingerprint density at radius 2 is 1.81 bits per heavy atom. The summed E-state index contributed by atoms with van der Waals surface area (Å²) in [5.41, 5.74) is 12.2. The SMILES string of the molecule is CCOc1ccccc1-c1ccc(CN)cc1Nn1cc(C(=O)O)c(=O)c2ccccc21. The summed E-state index contributed by atoms with van der Waals surface area (Å²) in [5, 5.41) is 9.86. The van der Waals surface area contributed by atoms with Crippen molar-refractivity contribution in [3.63, 3.8) is 0 Å². The van der Waals surface area contributed by atoms with E-state index in [2.05, 4.69) is 5.43 Å². The zero-order valence-corrected chi connectivity index (χ0v) is 17.5. The van der Waals surface area contributed by atoms with Crippen molar-refractivity contribution in [1.29, 1.82) is 0 Å². The first-order valence-electron chi connectivity index (χ1n) is 10.2. The fourth-order valence-corrected chi connectivity index (χ4v) is 3.67. The number of anilines is 1. The van der Waals surface area contributed by atoms with Crippen LogP contribution in [0.4, 0.5) is 5.69 Å². The molecule has 1 aromatic heterocycles. The number of pyridine rings is 1. The lowest BCUT2D eigenvalue weighted by Gasteiger charge is -2.19. The number of hydrogen-bond donors (Lipinski definition) is 3. The van der Waals surface area contributed by atoms with Crippen LogP contribution in [0.2, 0.25) is 0 Å². The Hall–Kier alpha value is -4.10. The van der Waals surface area contributed by atoms with Crippen LogP contribution < -0.4 is 21.3 Å². The number of para-hydroxylation sites is 2. The fourth-order valence-electron chi connectivity index (χ4n) is 3.67. The van der Waals surface area contributed by atoms with E-state index in [1.165, 1.54) is 6.20 Å². The summed E-state index contributed by atoms with van der Waals surface area (Å²) in [5.74, 6) is -0.552. The maximum absolute atomic E-state index is 12.6. The molecule has 1 heterocycles. The van der Waals surface area contributed by atoms with Crippen molar-refractivity contribution >= 4 is 22.6 Å². The van der Waals surface area contributed by atoms with Crippen LogP contribution >= 0.6 is 0 Å². The first kappa shape index (κ1) is 21.1. The lowest BCUT2D eigenvalue weighted by atomic mass is 10.0. The number of ether oxygens (including phenoxy) is 1. The molecule has 0 spiro atoms. The Labute approximate surface area is 184 Å². The predicted octanol–water partition coefficient (Wildman–Crippen LogP) is 4.10. The van der Waals surface area contributed by atoms with Crippen LogP contribution in [0.3, 0.4) is 0 Å². The minimum atomic E-state index is -1.28. The van der Waals surface area contributed by atoms with Gasteiger partial charge in [0, 0.05) is 29.3 Å². The standard InChI is InChI=1S/C25H23N3O4/c1-2-32-23-10-6-4-7-18(23)17-12-11-16(14-26)13-21(17)27-28-15-20(25(30)31)24(29)19-8-3-5-9-22(19)28/h3-13,15,27H,2,14,26H2,1H3,(H,30,31). The van der Waals surface area contributed by atoms with Crippen LogP contribution in [-0.2, 0) is 6.54 Å². The zero-order chi connectivity index (χ0) is 22.7. The highest BCUT2D eigenvalue weighted by Gasteiger charge is 2.16. The Balaban J connectivity index is 1.93. The minimum absolute atomic E-state index is 0.311. The molecule has 0 atom stereocenters. The third kappa shape index (κ3) is 3.93. The monoisotopic (exact) mass is 429 g/mol. The van der Waals surface area contributed by atoms with Crippen LogP contribution in [0.1, 0.15) is 22.8 Å². The molecule has 3 aromatic carbocycles. The molecule has 0 aliphatic heterocycles. The maximum Gasteiger partial charge on any atom is 0.341 e. The molecule has 4 N–H and O–H groups in total. The van der Waals surface area contributed by atoms with Crippen LogP contribution in [0.15, 0.2) is 77.7 Å². The van der Waals surface area contributed by atoms with E-state index in [-0.39, 0.29) is 5.56 Å². The van der Waals surface area contributed by atoms with E-state index in [1.807, 2.05) is 49.4 Å². The van der Waals surface area contributed by atoms with Gasteiger partial charge in [0.15, 0.2) is 0 Å². The van der Waals surface area contributed by atoms with Crippen LogP contribution in [0.5, 0.6) is 5.75 Å². The molecule has 162 valence electrons. The summed E-state index contributed by atoms with van der Waals surface area (Å²) >= 11 is 0. The number of carboxylic acid groups (broad SMARTS) is 1. The van der Waals surface area contributed by atoms with Gasteiger partial charge in [0.25, 0.3) is 0 Å². The molecule has 0 radical (unpaired) electrons.